The van der Waals surface area contributed by atoms with Crippen LogP contribution in [-0.2, 0) is 0 Å². The quantitative estimate of drug-likeness (QED) is 0.738. The number of rotatable bonds is 3. The molecule has 0 saturated heterocycles. The largest absolute Gasteiger partial charge is 0.489 e. The lowest BCUT2D eigenvalue weighted by Gasteiger charge is -2.17. The second kappa shape index (κ2) is 5.66. The van der Waals surface area contributed by atoms with E-state index in [0.717, 1.165) is 29.0 Å². The van der Waals surface area contributed by atoms with Crippen LogP contribution in [0.4, 0.5) is 0 Å². The first-order valence-corrected chi connectivity index (χ1v) is 7.19. The SMILES string of the molecule is ClC1=C(COc2cccc3ccccc23)CCCC1. The van der Waals surface area contributed by atoms with Crippen LogP contribution in [-0.4, -0.2) is 6.61 Å². The third-order valence-corrected chi connectivity index (χ3v) is 4.12. The van der Waals surface area contributed by atoms with Gasteiger partial charge in [-0.05, 0) is 42.7 Å². The van der Waals surface area contributed by atoms with Crippen LogP contribution in [0.25, 0.3) is 10.8 Å². The van der Waals surface area contributed by atoms with Crippen molar-refractivity contribution in [2.75, 3.05) is 6.61 Å². The highest BCUT2D eigenvalue weighted by atomic mass is 35.5. The summed E-state index contributed by atoms with van der Waals surface area (Å²) in [6, 6.07) is 14.5. The summed E-state index contributed by atoms with van der Waals surface area (Å²) in [7, 11) is 0. The second-order valence-electron chi connectivity index (χ2n) is 4.98. The summed E-state index contributed by atoms with van der Waals surface area (Å²) in [6.07, 6.45) is 4.51. The van der Waals surface area contributed by atoms with Crippen LogP contribution >= 0.6 is 11.6 Å². The summed E-state index contributed by atoms with van der Waals surface area (Å²) >= 11 is 6.27. The number of allylic oxidation sites excluding steroid dienone is 1. The molecular formula is C17H17ClO. The van der Waals surface area contributed by atoms with Crippen LogP contribution < -0.4 is 4.74 Å². The molecule has 2 aromatic carbocycles. The van der Waals surface area contributed by atoms with Gasteiger partial charge in [-0.25, -0.2) is 0 Å². The molecule has 1 aliphatic carbocycles. The van der Waals surface area contributed by atoms with Crippen molar-refractivity contribution < 1.29 is 4.74 Å². The minimum Gasteiger partial charge on any atom is -0.489 e. The van der Waals surface area contributed by atoms with Gasteiger partial charge in [-0.2, -0.15) is 0 Å². The highest BCUT2D eigenvalue weighted by Gasteiger charge is 2.12. The Bertz CT molecular complexity index is 610. The maximum Gasteiger partial charge on any atom is 0.127 e. The Morgan fingerprint density at radius 1 is 0.947 bits per heavy atom. The number of benzene rings is 2. The van der Waals surface area contributed by atoms with E-state index in [1.807, 2.05) is 24.3 Å². The van der Waals surface area contributed by atoms with E-state index < -0.39 is 0 Å². The van der Waals surface area contributed by atoms with E-state index in [2.05, 4.69) is 18.2 Å². The second-order valence-corrected chi connectivity index (χ2v) is 5.44. The van der Waals surface area contributed by atoms with Crippen molar-refractivity contribution in [3.8, 4) is 5.75 Å². The van der Waals surface area contributed by atoms with E-state index >= 15 is 0 Å². The van der Waals surface area contributed by atoms with Crippen molar-refractivity contribution in [2.45, 2.75) is 25.7 Å². The van der Waals surface area contributed by atoms with Gasteiger partial charge in [0.25, 0.3) is 0 Å². The Morgan fingerprint density at radius 3 is 2.63 bits per heavy atom. The molecule has 1 aliphatic rings. The molecule has 0 atom stereocenters. The fourth-order valence-electron chi connectivity index (χ4n) is 2.57. The summed E-state index contributed by atoms with van der Waals surface area (Å²) < 4.78 is 5.99. The molecule has 1 nitrogen and oxygen atoms in total. The van der Waals surface area contributed by atoms with Gasteiger partial charge in [-0.3, -0.25) is 0 Å². The van der Waals surface area contributed by atoms with E-state index in [4.69, 9.17) is 16.3 Å². The Kier molecular flexibility index (Phi) is 3.74. The predicted molar refractivity (Wildman–Crippen MR) is 80.8 cm³/mol. The van der Waals surface area contributed by atoms with Gasteiger partial charge >= 0.3 is 0 Å². The van der Waals surface area contributed by atoms with Crippen molar-refractivity contribution >= 4 is 22.4 Å². The van der Waals surface area contributed by atoms with Crippen molar-refractivity contribution in [3.63, 3.8) is 0 Å². The van der Waals surface area contributed by atoms with Gasteiger partial charge in [0.2, 0.25) is 0 Å². The molecule has 0 unspecified atom stereocenters. The standard InChI is InChI=1S/C17H17ClO/c18-16-10-4-2-7-14(16)12-19-17-11-5-8-13-6-1-3-9-15(13)17/h1,3,5-6,8-9,11H,2,4,7,10,12H2. The number of halogens is 1. The lowest BCUT2D eigenvalue weighted by molar-refractivity contribution is 0.346. The summed E-state index contributed by atoms with van der Waals surface area (Å²) in [5, 5.41) is 3.38. The Labute approximate surface area is 118 Å². The van der Waals surface area contributed by atoms with Gasteiger partial charge in [-0.1, -0.05) is 48.0 Å². The fourth-order valence-corrected chi connectivity index (χ4v) is 2.85. The molecular weight excluding hydrogens is 256 g/mol. The van der Waals surface area contributed by atoms with E-state index in [-0.39, 0.29) is 0 Å². The van der Waals surface area contributed by atoms with Gasteiger partial charge < -0.3 is 4.74 Å². The average Bonchev–Trinajstić information content (AvgIpc) is 2.46. The topological polar surface area (TPSA) is 9.23 Å². The smallest absolute Gasteiger partial charge is 0.127 e. The van der Waals surface area contributed by atoms with E-state index in [1.165, 1.54) is 23.8 Å². The molecule has 19 heavy (non-hydrogen) atoms. The molecule has 0 spiro atoms. The molecule has 0 saturated carbocycles. The fraction of sp³-hybridized carbons (Fsp3) is 0.294. The van der Waals surface area contributed by atoms with Crippen LogP contribution in [0.15, 0.2) is 53.1 Å². The monoisotopic (exact) mass is 272 g/mol. The first-order chi connectivity index (χ1) is 9.34. The highest BCUT2D eigenvalue weighted by Crippen LogP contribution is 2.30. The van der Waals surface area contributed by atoms with Gasteiger partial charge in [-0.15, -0.1) is 0 Å². The normalized spacial score (nSPS) is 15.8. The Hall–Kier alpha value is -1.47. The zero-order valence-corrected chi connectivity index (χ0v) is 11.6. The number of fused-ring (bicyclic) bond motifs is 1. The number of ether oxygens (including phenoxy) is 1. The van der Waals surface area contributed by atoms with Crippen molar-refractivity contribution in [1.82, 2.24) is 0 Å². The summed E-state index contributed by atoms with van der Waals surface area (Å²) in [5.74, 6) is 0.945. The predicted octanol–water partition coefficient (Wildman–Crippen LogP) is 5.29. The van der Waals surface area contributed by atoms with Gasteiger partial charge in [0.05, 0.1) is 0 Å². The molecule has 0 fully saturated rings. The molecule has 0 radical (unpaired) electrons. The van der Waals surface area contributed by atoms with E-state index in [1.54, 1.807) is 0 Å². The van der Waals surface area contributed by atoms with Crippen LogP contribution in [0.1, 0.15) is 25.7 Å². The molecule has 0 amide bonds. The molecule has 2 heteroatoms. The van der Waals surface area contributed by atoms with Gasteiger partial charge in [0.1, 0.15) is 12.4 Å². The van der Waals surface area contributed by atoms with Crippen molar-refractivity contribution in [1.29, 1.82) is 0 Å². The molecule has 3 rings (SSSR count). The van der Waals surface area contributed by atoms with Crippen molar-refractivity contribution in [2.24, 2.45) is 0 Å². The number of hydrogen-bond donors (Lipinski definition) is 0. The van der Waals surface area contributed by atoms with Crippen LogP contribution in [0.3, 0.4) is 0 Å². The number of hydrogen-bond acceptors (Lipinski definition) is 1. The van der Waals surface area contributed by atoms with Gasteiger partial charge in [0.15, 0.2) is 0 Å². The van der Waals surface area contributed by atoms with Gasteiger partial charge in [0, 0.05) is 10.4 Å². The maximum absolute atomic E-state index is 6.27. The zero-order chi connectivity index (χ0) is 13.1. The highest BCUT2D eigenvalue weighted by molar-refractivity contribution is 6.30. The lowest BCUT2D eigenvalue weighted by atomic mass is 10.00. The molecule has 98 valence electrons. The summed E-state index contributed by atoms with van der Waals surface area (Å²) in [4.78, 5) is 0. The molecule has 0 aliphatic heterocycles. The molecule has 0 aromatic heterocycles. The lowest BCUT2D eigenvalue weighted by Crippen LogP contribution is -2.06. The maximum atomic E-state index is 6.27. The van der Waals surface area contributed by atoms with Crippen molar-refractivity contribution in [3.05, 3.63) is 53.1 Å². The van der Waals surface area contributed by atoms with E-state index in [9.17, 15) is 0 Å². The zero-order valence-electron chi connectivity index (χ0n) is 10.9. The molecule has 2 aromatic rings. The Balaban J connectivity index is 1.82. The first-order valence-electron chi connectivity index (χ1n) is 6.81. The minimum atomic E-state index is 0.618. The third-order valence-electron chi connectivity index (χ3n) is 3.66. The Morgan fingerprint density at radius 2 is 1.74 bits per heavy atom. The molecule has 0 N–H and O–H groups in total. The molecule has 0 bridgehead atoms. The van der Waals surface area contributed by atoms with Crippen LogP contribution in [0.2, 0.25) is 0 Å². The summed E-state index contributed by atoms with van der Waals surface area (Å²) in [6.45, 7) is 0.618. The van der Waals surface area contributed by atoms with Crippen LogP contribution in [0.5, 0.6) is 5.75 Å². The summed E-state index contributed by atoms with van der Waals surface area (Å²) in [5.41, 5.74) is 1.26. The molecule has 0 heterocycles. The van der Waals surface area contributed by atoms with E-state index in [0.29, 0.717) is 6.61 Å². The average molecular weight is 273 g/mol. The minimum absolute atomic E-state index is 0.618. The third kappa shape index (κ3) is 2.76. The first kappa shape index (κ1) is 12.6. The van der Waals surface area contributed by atoms with Crippen LogP contribution in [0, 0.1) is 0 Å².